The van der Waals surface area contributed by atoms with Gasteiger partial charge in [-0.25, -0.2) is 0 Å². The second-order valence-electron chi connectivity index (χ2n) is 2.90. The minimum Gasteiger partial charge on any atom is -0.494 e. The van der Waals surface area contributed by atoms with Crippen molar-refractivity contribution in [2.45, 2.75) is 0 Å². The summed E-state index contributed by atoms with van der Waals surface area (Å²) in [6.45, 7) is 0. The van der Waals surface area contributed by atoms with E-state index >= 15 is 0 Å². The lowest BCUT2D eigenvalue weighted by Crippen LogP contribution is -1.96. The maximum absolute atomic E-state index is 5.45. The molecule has 5 heteroatoms. The van der Waals surface area contributed by atoms with Crippen molar-refractivity contribution in [2.24, 2.45) is 0 Å². The van der Waals surface area contributed by atoms with Gasteiger partial charge in [-0.05, 0) is 24.3 Å². The van der Waals surface area contributed by atoms with E-state index in [0.717, 1.165) is 0 Å². The number of hydrogen-bond acceptors (Lipinski definition) is 5. The molecule has 0 fully saturated rings. The van der Waals surface area contributed by atoms with Crippen LogP contribution in [0.25, 0.3) is 11.4 Å². The van der Waals surface area contributed by atoms with Crippen molar-refractivity contribution in [1.82, 2.24) is 15.2 Å². The summed E-state index contributed by atoms with van der Waals surface area (Å²) in [5.41, 5.74) is 6.75. The van der Waals surface area contributed by atoms with Crippen LogP contribution in [0, 0.1) is 0 Å². The molecule has 0 aliphatic heterocycles. The number of nitrogen functional groups attached to an aromatic ring is 1. The predicted molar refractivity (Wildman–Crippen MR) is 56.2 cm³/mol. The van der Waals surface area contributed by atoms with Crippen LogP contribution in [0.4, 0.5) is 5.82 Å². The van der Waals surface area contributed by atoms with Crippen molar-refractivity contribution in [1.29, 1.82) is 0 Å². The van der Waals surface area contributed by atoms with Gasteiger partial charge in [-0.15, -0.1) is 10.2 Å². The van der Waals surface area contributed by atoms with Gasteiger partial charge in [0.15, 0.2) is 0 Å². The van der Waals surface area contributed by atoms with Crippen LogP contribution in [0.2, 0.25) is 0 Å². The third-order valence-electron chi connectivity index (χ3n) is 1.92. The van der Waals surface area contributed by atoms with E-state index in [4.69, 9.17) is 10.5 Å². The zero-order valence-electron chi connectivity index (χ0n) is 8.21. The third-order valence-corrected chi connectivity index (χ3v) is 1.92. The Kier molecular flexibility index (Phi) is 2.45. The van der Waals surface area contributed by atoms with Gasteiger partial charge in [-0.3, -0.25) is 4.98 Å². The number of rotatable bonds is 2. The summed E-state index contributed by atoms with van der Waals surface area (Å²) in [7, 11) is 1.59. The Hall–Kier alpha value is -2.17. The average Bonchev–Trinajstić information content (AvgIpc) is 2.30. The number of methoxy groups -OCH3 is 1. The van der Waals surface area contributed by atoms with Crippen LogP contribution in [-0.4, -0.2) is 22.3 Å². The van der Waals surface area contributed by atoms with E-state index in [2.05, 4.69) is 15.2 Å². The quantitative estimate of drug-likeness (QED) is 0.790. The van der Waals surface area contributed by atoms with Gasteiger partial charge in [0.1, 0.15) is 23.0 Å². The van der Waals surface area contributed by atoms with Crippen LogP contribution in [0.3, 0.4) is 0 Å². The molecule has 2 aromatic heterocycles. The SMILES string of the molecule is COc1cccnc1-c1ccc(N)nn1. The van der Waals surface area contributed by atoms with Gasteiger partial charge in [0.2, 0.25) is 0 Å². The van der Waals surface area contributed by atoms with E-state index in [9.17, 15) is 0 Å². The second kappa shape index (κ2) is 3.91. The monoisotopic (exact) mass is 202 g/mol. The average molecular weight is 202 g/mol. The third kappa shape index (κ3) is 1.85. The number of aromatic nitrogens is 3. The molecule has 5 nitrogen and oxygen atoms in total. The highest BCUT2D eigenvalue weighted by Gasteiger charge is 2.07. The van der Waals surface area contributed by atoms with Gasteiger partial charge < -0.3 is 10.5 Å². The molecule has 0 saturated heterocycles. The Morgan fingerprint density at radius 3 is 2.73 bits per heavy atom. The first kappa shape index (κ1) is 9.39. The van der Waals surface area contributed by atoms with Gasteiger partial charge in [-0.1, -0.05) is 0 Å². The molecule has 2 rings (SSSR count). The van der Waals surface area contributed by atoms with E-state index in [1.165, 1.54) is 0 Å². The molecule has 0 aliphatic rings. The summed E-state index contributed by atoms with van der Waals surface area (Å²) < 4.78 is 5.17. The van der Waals surface area contributed by atoms with E-state index in [1.807, 2.05) is 6.07 Å². The maximum atomic E-state index is 5.45. The van der Waals surface area contributed by atoms with E-state index in [0.29, 0.717) is 23.0 Å². The van der Waals surface area contributed by atoms with Gasteiger partial charge >= 0.3 is 0 Å². The van der Waals surface area contributed by atoms with Crippen LogP contribution >= 0.6 is 0 Å². The fourth-order valence-electron chi connectivity index (χ4n) is 1.22. The Bertz CT molecular complexity index is 455. The molecule has 2 heterocycles. The predicted octanol–water partition coefficient (Wildman–Crippen LogP) is 1.13. The zero-order valence-corrected chi connectivity index (χ0v) is 8.21. The molecule has 0 radical (unpaired) electrons. The molecule has 2 aromatic rings. The Labute approximate surface area is 86.9 Å². The molecule has 0 atom stereocenters. The first-order valence-corrected chi connectivity index (χ1v) is 4.40. The molecule has 76 valence electrons. The summed E-state index contributed by atoms with van der Waals surface area (Å²) >= 11 is 0. The van der Waals surface area contributed by atoms with Crippen molar-refractivity contribution in [3.8, 4) is 17.1 Å². The molecule has 0 aliphatic carbocycles. The number of anilines is 1. The normalized spacial score (nSPS) is 9.93. The van der Waals surface area contributed by atoms with Gasteiger partial charge in [-0.2, -0.15) is 0 Å². The number of nitrogens with zero attached hydrogens (tertiary/aromatic N) is 3. The Balaban J connectivity index is 2.49. The van der Waals surface area contributed by atoms with Crippen LogP contribution in [0.1, 0.15) is 0 Å². The highest BCUT2D eigenvalue weighted by atomic mass is 16.5. The maximum Gasteiger partial charge on any atom is 0.146 e. The van der Waals surface area contributed by atoms with E-state index in [1.54, 1.807) is 31.5 Å². The van der Waals surface area contributed by atoms with Crippen LogP contribution in [0.5, 0.6) is 5.75 Å². The first-order valence-electron chi connectivity index (χ1n) is 4.40. The van der Waals surface area contributed by atoms with Crippen LogP contribution in [0.15, 0.2) is 30.5 Å². The fourth-order valence-corrected chi connectivity index (χ4v) is 1.22. The number of ether oxygens (including phenoxy) is 1. The molecule has 0 unspecified atom stereocenters. The standard InChI is InChI=1S/C10H10N4O/c1-15-8-3-2-6-12-10(8)7-4-5-9(11)14-13-7/h2-6H,1H3,(H2,11,14). The molecule has 0 spiro atoms. The number of hydrogen-bond donors (Lipinski definition) is 1. The lowest BCUT2D eigenvalue weighted by molar-refractivity contribution is 0.414. The van der Waals surface area contributed by atoms with Crippen LogP contribution < -0.4 is 10.5 Å². The molecule has 0 aromatic carbocycles. The highest BCUT2D eigenvalue weighted by Crippen LogP contribution is 2.24. The number of pyridine rings is 1. The van der Waals surface area contributed by atoms with Crippen LogP contribution in [-0.2, 0) is 0 Å². The molecular formula is C10H10N4O. The lowest BCUT2D eigenvalue weighted by Gasteiger charge is -2.05. The lowest BCUT2D eigenvalue weighted by atomic mass is 10.2. The Morgan fingerprint density at radius 1 is 1.20 bits per heavy atom. The van der Waals surface area contributed by atoms with Gasteiger partial charge in [0, 0.05) is 6.20 Å². The molecule has 15 heavy (non-hydrogen) atoms. The molecule has 2 N–H and O–H groups in total. The highest BCUT2D eigenvalue weighted by molar-refractivity contribution is 5.62. The summed E-state index contributed by atoms with van der Waals surface area (Å²) in [5, 5.41) is 7.70. The number of nitrogens with two attached hydrogens (primary N) is 1. The van der Waals surface area contributed by atoms with Crippen molar-refractivity contribution in [3.63, 3.8) is 0 Å². The summed E-state index contributed by atoms with van der Waals surface area (Å²) in [6.07, 6.45) is 1.68. The minimum atomic E-state index is 0.383. The largest absolute Gasteiger partial charge is 0.494 e. The second-order valence-corrected chi connectivity index (χ2v) is 2.90. The summed E-state index contributed by atoms with van der Waals surface area (Å²) in [5.74, 6) is 1.05. The Morgan fingerprint density at radius 2 is 2.07 bits per heavy atom. The van der Waals surface area contributed by atoms with Gasteiger partial charge in [0.05, 0.1) is 7.11 Å². The van der Waals surface area contributed by atoms with Crippen molar-refractivity contribution >= 4 is 5.82 Å². The van der Waals surface area contributed by atoms with Crippen molar-refractivity contribution in [2.75, 3.05) is 12.8 Å². The van der Waals surface area contributed by atoms with E-state index in [-0.39, 0.29) is 0 Å². The summed E-state index contributed by atoms with van der Waals surface area (Å²) in [6, 6.07) is 7.05. The van der Waals surface area contributed by atoms with Crippen molar-refractivity contribution in [3.05, 3.63) is 30.5 Å². The molecule has 0 amide bonds. The van der Waals surface area contributed by atoms with Crippen molar-refractivity contribution < 1.29 is 4.74 Å². The molecule has 0 bridgehead atoms. The molecule has 0 saturated carbocycles. The smallest absolute Gasteiger partial charge is 0.146 e. The van der Waals surface area contributed by atoms with E-state index < -0.39 is 0 Å². The summed E-state index contributed by atoms with van der Waals surface area (Å²) in [4.78, 5) is 4.18. The molecular weight excluding hydrogens is 192 g/mol. The first-order chi connectivity index (χ1) is 7.31. The van der Waals surface area contributed by atoms with Gasteiger partial charge in [0.25, 0.3) is 0 Å². The zero-order chi connectivity index (χ0) is 10.7. The minimum absolute atomic E-state index is 0.383. The fraction of sp³-hybridized carbons (Fsp3) is 0.100. The topological polar surface area (TPSA) is 73.9 Å².